The zero-order valence-corrected chi connectivity index (χ0v) is 17.2. The fourth-order valence-electron chi connectivity index (χ4n) is 2.77. The van der Waals surface area contributed by atoms with E-state index in [1.165, 1.54) is 0 Å². The minimum atomic E-state index is -5.42. The molecule has 0 saturated carbocycles. The average Bonchev–Trinajstić information content (AvgIpc) is 2.58. The molecule has 1 unspecified atom stereocenters. The molecule has 0 fully saturated rings. The molecular formula is C18H26F6NO3P. The standard InChI is InChI=1S/C18H26F6NO3P/c1-3-5-7-12-25(13-8-6-4-2)29(26,27)28-15-11-9-10-14(17(19,20)21)16(15)18(22,23)24/h9-11H,3-8,12-13H2,1-2H3,(H,26,27). The van der Waals surface area contributed by atoms with Crippen molar-refractivity contribution in [3.63, 3.8) is 0 Å². The highest BCUT2D eigenvalue weighted by atomic mass is 31.2. The first-order valence-corrected chi connectivity index (χ1v) is 10.9. The van der Waals surface area contributed by atoms with Crippen LogP contribution in [0.3, 0.4) is 0 Å². The Morgan fingerprint density at radius 3 is 1.86 bits per heavy atom. The summed E-state index contributed by atoms with van der Waals surface area (Å²) >= 11 is 0. The maximum atomic E-state index is 13.3. The maximum absolute atomic E-state index is 13.3. The highest BCUT2D eigenvalue weighted by Crippen LogP contribution is 2.52. The number of halogens is 6. The normalized spacial score (nSPS) is 14.8. The Kier molecular flexibility index (Phi) is 9.50. The van der Waals surface area contributed by atoms with Gasteiger partial charge in [-0.25, -0.2) is 4.57 Å². The van der Waals surface area contributed by atoms with E-state index in [0.29, 0.717) is 25.0 Å². The molecule has 0 amide bonds. The molecule has 1 rings (SSSR count). The third-order valence-corrected chi connectivity index (χ3v) is 5.78. The smallest absolute Gasteiger partial charge is 0.413 e. The molecule has 1 N–H and O–H groups in total. The zero-order valence-electron chi connectivity index (χ0n) is 16.3. The minimum absolute atomic E-state index is 0.0889. The predicted molar refractivity (Wildman–Crippen MR) is 97.5 cm³/mol. The number of hydrogen-bond acceptors (Lipinski definition) is 2. The van der Waals surface area contributed by atoms with E-state index in [-0.39, 0.29) is 19.2 Å². The molecule has 0 saturated heterocycles. The Morgan fingerprint density at radius 2 is 1.45 bits per heavy atom. The summed E-state index contributed by atoms with van der Waals surface area (Å²) in [6.45, 7) is 4.00. The van der Waals surface area contributed by atoms with Gasteiger partial charge in [-0.1, -0.05) is 45.6 Å². The van der Waals surface area contributed by atoms with Crippen LogP contribution >= 0.6 is 7.75 Å². The van der Waals surface area contributed by atoms with Gasteiger partial charge < -0.3 is 9.42 Å². The van der Waals surface area contributed by atoms with E-state index in [0.717, 1.165) is 30.4 Å². The summed E-state index contributed by atoms with van der Waals surface area (Å²) in [4.78, 5) is 10.3. The molecule has 0 heterocycles. The van der Waals surface area contributed by atoms with Crippen molar-refractivity contribution >= 4 is 7.75 Å². The number of benzene rings is 1. The molecule has 0 aliphatic heterocycles. The number of alkyl halides is 6. The zero-order chi connectivity index (χ0) is 22.3. The number of unbranched alkanes of at least 4 members (excludes halogenated alkanes) is 4. The van der Waals surface area contributed by atoms with Crippen LogP contribution in [0.5, 0.6) is 5.75 Å². The van der Waals surface area contributed by atoms with Gasteiger partial charge in [-0.05, 0) is 25.0 Å². The topological polar surface area (TPSA) is 49.8 Å². The van der Waals surface area contributed by atoms with Crippen molar-refractivity contribution in [2.75, 3.05) is 13.1 Å². The molecule has 4 nitrogen and oxygen atoms in total. The summed E-state index contributed by atoms with van der Waals surface area (Å²) in [6, 6.07) is 1.60. The van der Waals surface area contributed by atoms with Gasteiger partial charge in [-0.3, -0.25) is 0 Å². The fourth-order valence-corrected chi connectivity index (χ4v) is 4.09. The van der Waals surface area contributed by atoms with Crippen LogP contribution in [0.25, 0.3) is 0 Å². The summed E-state index contributed by atoms with van der Waals surface area (Å²) in [7, 11) is -4.81. The van der Waals surface area contributed by atoms with E-state index in [1.807, 2.05) is 13.8 Å². The summed E-state index contributed by atoms with van der Waals surface area (Å²) < 4.78 is 97.7. The lowest BCUT2D eigenvalue weighted by Gasteiger charge is -2.28. The van der Waals surface area contributed by atoms with Gasteiger partial charge in [0.15, 0.2) is 0 Å². The van der Waals surface area contributed by atoms with Crippen molar-refractivity contribution in [2.24, 2.45) is 0 Å². The molecule has 0 aliphatic carbocycles. The third kappa shape index (κ3) is 7.83. The Morgan fingerprint density at radius 1 is 0.931 bits per heavy atom. The van der Waals surface area contributed by atoms with E-state index >= 15 is 0 Å². The van der Waals surface area contributed by atoms with Crippen LogP contribution in [-0.4, -0.2) is 22.7 Å². The molecule has 1 atom stereocenters. The van der Waals surface area contributed by atoms with Gasteiger partial charge >= 0.3 is 20.1 Å². The SMILES string of the molecule is CCCCCN(CCCCC)P(=O)(O)Oc1cccc(C(F)(F)F)c1C(F)(F)F. The first-order chi connectivity index (χ1) is 13.3. The van der Waals surface area contributed by atoms with Crippen LogP contribution in [0, 0.1) is 0 Å². The molecule has 0 aromatic heterocycles. The Labute approximate surface area is 166 Å². The quantitative estimate of drug-likeness (QED) is 0.227. The number of nitrogens with zero attached hydrogens (tertiary/aromatic N) is 1. The molecule has 1 aromatic carbocycles. The molecule has 11 heteroatoms. The van der Waals surface area contributed by atoms with Gasteiger partial charge in [0.1, 0.15) is 11.3 Å². The van der Waals surface area contributed by atoms with Gasteiger partial charge in [0, 0.05) is 13.1 Å². The van der Waals surface area contributed by atoms with Gasteiger partial charge in [-0.15, -0.1) is 0 Å². The Balaban J connectivity index is 3.27. The lowest BCUT2D eigenvalue weighted by Crippen LogP contribution is -2.26. The van der Waals surface area contributed by atoms with Crippen molar-refractivity contribution in [3.8, 4) is 5.75 Å². The van der Waals surface area contributed by atoms with E-state index in [9.17, 15) is 35.8 Å². The highest BCUT2D eigenvalue weighted by Gasteiger charge is 2.46. The van der Waals surface area contributed by atoms with Crippen LogP contribution in [0.15, 0.2) is 18.2 Å². The van der Waals surface area contributed by atoms with Crippen molar-refractivity contribution < 1.29 is 40.3 Å². The largest absolute Gasteiger partial charge is 0.458 e. The molecule has 0 spiro atoms. The summed E-state index contributed by atoms with van der Waals surface area (Å²) in [5.74, 6) is -1.31. The molecule has 1 aromatic rings. The van der Waals surface area contributed by atoms with E-state index in [2.05, 4.69) is 0 Å². The molecule has 0 bridgehead atoms. The molecule has 0 aliphatic rings. The van der Waals surface area contributed by atoms with E-state index < -0.39 is 37.0 Å². The minimum Gasteiger partial charge on any atom is -0.413 e. The van der Waals surface area contributed by atoms with Crippen molar-refractivity contribution in [1.82, 2.24) is 4.67 Å². The molecule has 0 radical (unpaired) electrons. The lowest BCUT2D eigenvalue weighted by molar-refractivity contribution is -0.162. The van der Waals surface area contributed by atoms with E-state index in [1.54, 1.807) is 0 Å². The summed E-state index contributed by atoms with van der Waals surface area (Å²) in [5, 5.41) is 0. The van der Waals surface area contributed by atoms with Crippen molar-refractivity contribution in [3.05, 3.63) is 29.3 Å². The second kappa shape index (κ2) is 10.7. The van der Waals surface area contributed by atoms with Gasteiger partial charge in [0.25, 0.3) is 0 Å². The van der Waals surface area contributed by atoms with Crippen LogP contribution in [0.4, 0.5) is 26.3 Å². The summed E-state index contributed by atoms with van der Waals surface area (Å²) in [5.41, 5.74) is -4.07. The van der Waals surface area contributed by atoms with Gasteiger partial charge in [0.2, 0.25) is 0 Å². The second-order valence-electron chi connectivity index (χ2n) is 6.62. The van der Waals surface area contributed by atoms with E-state index in [4.69, 9.17) is 4.52 Å². The Hall–Kier alpha value is -1.25. The number of hydrogen-bond donors (Lipinski definition) is 1. The van der Waals surface area contributed by atoms with Gasteiger partial charge in [0.05, 0.1) is 5.56 Å². The van der Waals surface area contributed by atoms with Gasteiger partial charge in [-0.2, -0.15) is 31.0 Å². The first-order valence-electron chi connectivity index (χ1n) is 9.39. The summed E-state index contributed by atoms with van der Waals surface area (Å²) in [6.07, 6.45) is -6.64. The van der Waals surface area contributed by atoms with Crippen LogP contribution in [0.2, 0.25) is 0 Å². The Bertz CT molecular complexity index is 683. The second-order valence-corrected chi connectivity index (χ2v) is 8.35. The van der Waals surface area contributed by atoms with Crippen LogP contribution in [0.1, 0.15) is 63.5 Å². The molecular weight excluding hydrogens is 423 g/mol. The third-order valence-electron chi connectivity index (χ3n) is 4.23. The average molecular weight is 449 g/mol. The highest BCUT2D eigenvalue weighted by molar-refractivity contribution is 7.50. The van der Waals surface area contributed by atoms with Crippen molar-refractivity contribution in [1.29, 1.82) is 0 Å². The van der Waals surface area contributed by atoms with Crippen LogP contribution < -0.4 is 4.52 Å². The monoisotopic (exact) mass is 449 g/mol. The van der Waals surface area contributed by atoms with Crippen LogP contribution in [-0.2, 0) is 16.9 Å². The maximum Gasteiger partial charge on any atom is 0.458 e. The molecule has 168 valence electrons. The fraction of sp³-hybridized carbons (Fsp3) is 0.667. The first kappa shape index (κ1) is 25.8. The molecule has 29 heavy (non-hydrogen) atoms. The lowest BCUT2D eigenvalue weighted by atomic mass is 10.1. The number of rotatable bonds is 11. The van der Waals surface area contributed by atoms with Crippen molar-refractivity contribution in [2.45, 2.75) is 64.7 Å². The predicted octanol–water partition coefficient (Wildman–Crippen LogP) is 6.89.